The van der Waals surface area contributed by atoms with E-state index in [0.717, 1.165) is 24.2 Å². The topological polar surface area (TPSA) is 85.8 Å². The number of carbonyl (C=O) groups is 1. The van der Waals surface area contributed by atoms with E-state index in [0.29, 0.717) is 30.2 Å². The summed E-state index contributed by atoms with van der Waals surface area (Å²) < 4.78 is 7.06. The number of nitrogens with zero attached hydrogens (tertiary/aromatic N) is 4. The molecule has 0 spiro atoms. The zero-order valence-corrected chi connectivity index (χ0v) is 14.4. The Balaban J connectivity index is 1.54. The van der Waals surface area contributed by atoms with Crippen molar-refractivity contribution in [3.05, 3.63) is 53.6 Å². The quantitative estimate of drug-likeness (QED) is 0.715. The van der Waals surface area contributed by atoms with E-state index in [1.54, 1.807) is 10.9 Å². The molecule has 7 heteroatoms. The molecule has 0 saturated carbocycles. The van der Waals surface area contributed by atoms with E-state index in [9.17, 15) is 4.79 Å². The van der Waals surface area contributed by atoms with Gasteiger partial charge in [0.2, 0.25) is 0 Å². The Morgan fingerprint density at radius 1 is 1.28 bits per heavy atom. The lowest BCUT2D eigenvalue weighted by Gasteiger charge is -2.01. The van der Waals surface area contributed by atoms with Gasteiger partial charge in [-0.25, -0.2) is 0 Å². The molecule has 1 amide bonds. The molecule has 1 aromatic carbocycles. The molecule has 25 heavy (non-hydrogen) atoms. The molecule has 7 nitrogen and oxygen atoms in total. The molecule has 3 aromatic rings. The van der Waals surface area contributed by atoms with Gasteiger partial charge in [-0.3, -0.25) is 9.48 Å². The molecule has 0 atom stereocenters. The van der Waals surface area contributed by atoms with Gasteiger partial charge in [0, 0.05) is 31.3 Å². The van der Waals surface area contributed by atoms with Gasteiger partial charge >= 0.3 is 0 Å². The molecular formula is C18H21N5O2. The number of aryl methyl sites for hydroxylation is 2. The van der Waals surface area contributed by atoms with E-state index < -0.39 is 0 Å². The number of carbonyl (C=O) groups excluding carboxylic acids is 1. The first kappa shape index (κ1) is 16.9. The van der Waals surface area contributed by atoms with E-state index in [2.05, 4.69) is 27.5 Å². The molecule has 2 heterocycles. The molecular weight excluding hydrogens is 318 g/mol. The second kappa shape index (κ2) is 7.74. The normalized spacial score (nSPS) is 10.8. The summed E-state index contributed by atoms with van der Waals surface area (Å²) in [4.78, 5) is 16.6. The van der Waals surface area contributed by atoms with Gasteiger partial charge in [0.1, 0.15) is 0 Å². The Kier molecular flexibility index (Phi) is 5.23. The summed E-state index contributed by atoms with van der Waals surface area (Å²) in [5, 5.41) is 11.2. The van der Waals surface area contributed by atoms with Gasteiger partial charge in [-0.1, -0.05) is 30.3 Å². The maximum atomic E-state index is 12.3. The number of rotatable bonds is 7. The first-order valence-corrected chi connectivity index (χ1v) is 8.37. The van der Waals surface area contributed by atoms with Crippen molar-refractivity contribution in [2.75, 3.05) is 6.54 Å². The van der Waals surface area contributed by atoms with Crippen molar-refractivity contribution in [2.45, 2.75) is 33.2 Å². The van der Waals surface area contributed by atoms with Crippen LogP contribution in [0.5, 0.6) is 0 Å². The minimum atomic E-state index is -0.133. The maximum Gasteiger partial charge on any atom is 0.257 e. The highest BCUT2D eigenvalue weighted by Gasteiger charge is 2.14. The Bertz CT molecular complexity index is 838. The third-order valence-electron chi connectivity index (χ3n) is 3.77. The van der Waals surface area contributed by atoms with Crippen molar-refractivity contribution >= 4 is 5.91 Å². The van der Waals surface area contributed by atoms with E-state index >= 15 is 0 Å². The Hall–Kier alpha value is -2.96. The predicted molar refractivity (Wildman–Crippen MR) is 93.0 cm³/mol. The van der Waals surface area contributed by atoms with Gasteiger partial charge in [-0.05, 0) is 25.5 Å². The Morgan fingerprint density at radius 2 is 2.08 bits per heavy atom. The van der Waals surface area contributed by atoms with Gasteiger partial charge in [-0.15, -0.1) is 0 Å². The van der Waals surface area contributed by atoms with Crippen molar-refractivity contribution in [1.82, 2.24) is 25.2 Å². The first-order valence-electron chi connectivity index (χ1n) is 8.37. The standard InChI is InChI=1S/C18H21N5O2/c1-3-11-23-12-15(13(2)21-23)17(24)19-10-9-16-20-18(25-22-16)14-7-5-4-6-8-14/h4-8,12H,3,9-11H2,1-2H3,(H,19,24). The number of hydrogen-bond donors (Lipinski definition) is 1. The van der Waals surface area contributed by atoms with Crippen LogP contribution in [-0.4, -0.2) is 32.4 Å². The molecule has 2 aromatic heterocycles. The minimum absolute atomic E-state index is 0.133. The van der Waals surface area contributed by atoms with Gasteiger partial charge in [0.05, 0.1) is 11.3 Å². The Morgan fingerprint density at radius 3 is 2.84 bits per heavy atom. The van der Waals surface area contributed by atoms with Gasteiger partial charge in [-0.2, -0.15) is 10.1 Å². The molecule has 0 aliphatic carbocycles. The van der Waals surface area contributed by atoms with E-state index in [1.807, 2.05) is 37.3 Å². The van der Waals surface area contributed by atoms with Crippen LogP contribution in [0, 0.1) is 6.92 Å². The Labute approximate surface area is 146 Å². The lowest BCUT2D eigenvalue weighted by atomic mass is 10.2. The lowest BCUT2D eigenvalue weighted by Crippen LogP contribution is -2.26. The third-order valence-corrected chi connectivity index (χ3v) is 3.77. The fraction of sp³-hybridized carbons (Fsp3) is 0.333. The fourth-order valence-electron chi connectivity index (χ4n) is 2.52. The zero-order valence-electron chi connectivity index (χ0n) is 14.4. The summed E-state index contributed by atoms with van der Waals surface area (Å²) in [7, 11) is 0. The zero-order chi connectivity index (χ0) is 17.6. The molecule has 3 rings (SSSR count). The monoisotopic (exact) mass is 339 g/mol. The average molecular weight is 339 g/mol. The summed E-state index contributed by atoms with van der Waals surface area (Å²) in [5.74, 6) is 0.919. The second-order valence-electron chi connectivity index (χ2n) is 5.78. The molecule has 0 aliphatic heterocycles. The third kappa shape index (κ3) is 4.12. The van der Waals surface area contributed by atoms with E-state index in [4.69, 9.17) is 4.52 Å². The number of nitrogens with one attached hydrogen (secondary N) is 1. The van der Waals surface area contributed by atoms with Crippen LogP contribution in [0.3, 0.4) is 0 Å². The summed E-state index contributed by atoms with van der Waals surface area (Å²) in [6.07, 6.45) is 3.27. The largest absolute Gasteiger partial charge is 0.351 e. The van der Waals surface area contributed by atoms with Crippen LogP contribution in [0.25, 0.3) is 11.5 Å². The highest BCUT2D eigenvalue weighted by atomic mass is 16.5. The summed E-state index contributed by atoms with van der Waals surface area (Å²) >= 11 is 0. The summed E-state index contributed by atoms with van der Waals surface area (Å²) in [5.41, 5.74) is 2.22. The van der Waals surface area contributed by atoms with Gasteiger partial charge < -0.3 is 9.84 Å². The van der Waals surface area contributed by atoms with Crippen LogP contribution in [0.4, 0.5) is 0 Å². The van der Waals surface area contributed by atoms with Crippen LogP contribution in [0.15, 0.2) is 41.1 Å². The minimum Gasteiger partial charge on any atom is -0.351 e. The van der Waals surface area contributed by atoms with Crippen molar-refractivity contribution in [1.29, 1.82) is 0 Å². The van der Waals surface area contributed by atoms with Crippen molar-refractivity contribution in [3.8, 4) is 11.5 Å². The molecule has 130 valence electrons. The van der Waals surface area contributed by atoms with Gasteiger partial charge in [0.25, 0.3) is 11.8 Å². The van der Waals surface area contributed by atoms with Crippen molar-refractivity contribution < 1.29 is 9.32 Å². The number of aromatic nitrogens is 4. The van der Waals surface area contributed by atoms with Crippen LogP contribution in [0.2, 0.25) is 0 Å². The van der Waals surface area contributed by atoms with E-state index in [1.165, 1.54) is 0 Å². The smallest absolute Gasteiger partial charge is 0.257 e. The summed E-state index contributed by atoms with van der Waals surface area (Å²) in [6.45, 7) is 5.15. The maximum absolute atomic E-state index is 12.3. The fourth-order valence-corrected chi connectivity index (χ4v) is 2.52. The molecule has 0 aliphatic rings. The second-order valence-corrected chi connectivity index (χ2v) is 5.78. The number of amides is 1. The van der Waals surface area contributed by atoms with Crippen LogP contribution in [0.1, 0.15) is 35.2 Å². The first-order chi connectivity index (χ1) is 12.2. The molecule has 0 unspecified atom stereocenters. The van der Waals surface area contributed by atoms with Gasteiger partial charge in [0.15, 0.2) is 5.82 Å². The van der Waals surface area contributed by atoms with Crippen LogP contribution >= 0.6 is 0 Å². The lowest BCUT2D eigenvalue weighted by molar-refractivity contribution is 0.0953. The molecule has 0 fully saturated rings. The molecule has 1 N–H and O–H groups in total. The summed E-state index contributed by atoms with van der Waals surface area (Å²) in [6, 6.07) is 9.59. The SMILES string of the molecule is CCCn1cc(C(=O)NCCc2noc(-c3ccccc3)n2)c(C)n1. The van der Waals surface area contributed by atoms with Crippen LogP contribution < -0.4 is 5.32 Å². The van der Waals surface area contributed by atoms with Crippen molar-refractivity contribution in [2.24, 2.45) is 0 Å². The predicted octanol–water partition coefficient (Wildman–Crippen LogP) is 2.62. The molecule has 0 saturated heterocycles. The van der Waals surface area contributed by atoms with E-state index in [-0.39, 0.29) is 5.91 Å². The highest BCUT2D eigenvalue weighted by molar-refractivity contribution is 5.94. The molecule has 0 radical (unpaired) electrons. The number of benzene rings is 1. The average Bonchev–Trinajstić information content (AvgIpc) is 3.23. The van der Waals surface area contributed by atoms with Crippen LogP contribution in [-0.2, 0) is 13.0 Å². The van der Waals surface area contributed by atoms with Crippen molar-refractivity contribution in [3.63, 3.8) is 0 Å². The highest BCUT2D eigenvalue weighted by Crippen LogP contribution is 2.16. The molecule has 0 bridgehead atoms. The number of hydrogen-bond acceptors (Lipinski definition) is 5.